The van der Waals surface area contributed by atoms with E-state index >= 15 is 0 Å². The Morgan fingerprint density at radius 2 is 2.31 bits per heavy atom. The van der Waals surface area contributed by atoms with Gasteiger partial charge in [0, 0.05) is 25.5 Å². The van der Waals surface area contributed by atoms with Crippen LogP contribution >= 0.6 is 11.3 Å². The van der Waals surface area contributed by atoms with Crippen molar-refractivity contribution in [2.24, 2.45) is 4.99 Å². The van der Waals surface area contributed by atoms with Crippen molar-refractivity contribution < 1.29 is 0 Å². The number of likely N-dealkylation sites (N-methyl/N-ethyl adjacent to an activating group) is 1. The van der Waals surface area contributed by atoms with Gasteiger partial charge in [-0.1, -0.05) is 6.07 Å². The van der Waals surface area contributed by atoms with Crippen molar-refractivity contribution in [2.75, 3.05) is 34.7 Å². The van der Waals surface area contributed by atoms with E-state index in [4.69, 9.17) is 0 Å². The molecule has 4 nitrogen and oxygen atoms in total. The van der Waals surface area contributed by atoms with Gasteiger partial charge in [-0.05, 0) is 25.5 Å². The summed E-state index contributed by atoms with van der Waals surface area (Å²) >= 11 is 1.78. The molecular formula is C11H20N4S. The van der Waals surface area contributed by atoms with Gasteiger partial charge in [-0.25, -0.2) is 0 Å². The first-order chi connectivity index (χ1) is 7.69. The summed E-state index contributed by atoms with van der Waals surface area (Å²) < 4.78 is 0. The standard InChI is InChI=1S/C11H20N4S/c1-12-11(13-2)14-8-9(15(3)4)10-6-5-7-16-10/h5-7,9H,8H2,1-4H3,(H2,12,13,14)/t9-/m0/s1. The number of rotatable bonds is 4. The minimum atomic E-state index is 0.380. The van der Waals surface area contributed by atoms with Crippen LogP contribution in [-0.2, 0) is 0 Å². The van der Waals surface area contributed by atoms with E-state index in [1.54, 1.807) is 18.4 Å². The number of thiophene rings is 1. The topological polar surface area (TPSA) is 39.7 Å². The van der Waals surface area contributed by atoms with Gasteiger partial charge in [0.1, 0.15) is 0 Å². The molecule has 1 heterocycles. The number of aliphatic imine (C=N–C) groups is 1. The number of hydrogen-bond donors (Lipinski definition) is 2. The molecule has 0 bridgehead atoms. The highest BCUT2D eigenvalue weighted by Crippen LogP contribution is 2.22. The van der Waals surface area contributed by atoms with Gasteiger partial charge in [-0.2, -0.15) is 0 Å². The van der Waals surface area contributed by atoms with Crippen molar-refractivity contribution in [3.8, 4) is 0 Å². The summed E-state index contributed by atoms with van der Waals surface area (Å²) in [6, 6.07) is 4.63. The van der Waals surface area contributed by atoms with Gasteiger partial charge < -0.3 is 15.5 Å². The molecule has 0 amide bonds. The minimum Gasteiger partial charge on any atom is -0.359 e. The molecule has 1 atom stereocenters. The summed E-state index contributed by atoms with van der Waals surface area (Å²) in [5.41, 5.74) is 0. The van der Waals surface area contributed by atoms with Crippen molar-refractivity contribution >= 4 is 17.3 Å². The maximum Gasteiger partial charge on any atom is 0.190 e. The Bertz CT molecular complexity index is 319. The quantitative estimate of drug-likeness (QED) is 0.612. The van der Waals surface area contributed by atoms with Crippen molar-refractivity contribution in [3.63, 3.8) is 0 Å². The lowest BCUT2D eigenvalue weighted by Gasteiger charge is -2.24. The highest BCUT2D eigenvalue weighted by atomic mass is 32.1. The number of nitrogens with zero attached hydrogens (tertiary/aromatic N) is 2. The fourth-order valence-corrected chi connectivity index (χ4v) is 2.41. The molecular weight excluding hydrogens is 220 g/mol. The molecule has 0 unspecified atom stereocenters. The van der Waals surface area contributed by atoms with Gasteiger partial charge in [0.2, 0.25) is 0 Å². The normalized spacial score (nSPS) is 13.9. The molecule has 0 radical (unpaired) electrons. The summed E-state index contributed by atoms with van der Waals surface area (Å²) in [7, 11) is 7.82. The van der Waals surface area contributed by atoms with E-state index in [-0.39, 0.29) is 0 Å². The van der Waals surface area contributed by atoms with Crippen molar-refractivity contribution in [1.29, 1.82) is 0 Å². The van der Waals surface area contributed by atoms with Gasteiger partial charge in [0.15, 0.2) is 5.96 Å². The van der Waals surface area contributed by atoms with Crippen LogP contribution in [0.25, 0.3) is 0 Å². The van der Waals surface area contributed by atoms with E-state index in [1.807, 2.05) is 7.05 Å². The maximum atomic E-state index is 4.10. The highest BCUT2D eigenvalue weighted by molar-refractivity contribution is 7.10. The van der Waals surface area contributed by atoms with E-state index in [2.05, 4.69) is 52.1 Å². The lowest BCUT2D eigenvalue weighted by atomic mass is 10.2. The van der Waals surface area contributed by atoms with Crippen LogP contribution in [0, 0.1) is 0 Å². The summed E-state index contributed by atoms with van der Waals surface area (Å²) in [5, 5.41) is 8.42. The molecule has 1 aromatic heterocycles. The SMILES string of the molecule is CN=C(NC)NC[C@@H](c1cccs1)N(C)C. The van der Waals surface area contributed by atoms with Crippen LogP contribution in [0.5, 0.6) is 0 Å². The van der Waals surface area contributed by atoms with Gasteiger partial charge in [-0.15, -0.1) is 11.3 Å². The van der Waals surface area contributed by atoms with Crippen LogP contribution in [0.2, 0.25) is 0 Å². The summed E-state index contributed by atoms with van der Waals surface area (Å²) in [4.78, 5) is 7.67. The van der Waals surface area contributed by atoms with Crippen molar-refractivity contribution in [2.45, 2.75) is 6.04 Å². The molecule has 0 aliphatic carbocycles. The van der Waals surface area contributed by atoms with Crippen LogP contribution in [0.1, 0.15) is 10.9 Å². The molecule has 1 aromatic rings. The Morgan fingerprint density at radius 1 is 1.56 bits per heavy atom. The van der Waals surface area contributed by atoms with Crippen LogP contribution < -0.4 is 10.6 Å². The molecule has 0 fully saturated rings. The van der Waals surface area contributed by atoms with Gasteiger partial charge >= 0.3 is 0 Å². The molecule has 0 saturated heterocycles. The maximum absolute atomic E-state index is 4.10. The third-order valence-electron chi connectivity index (χ3n) is 2.42. The highest BCUT2D eigenvalue weighted by Gasteiger charge is 2.14. The molecule has 0 aromatic carbocycles. The zero-order valence-corrected chi connectivity index (χ0v) is 11.1. The molecule has 0 saturated carbocycles. The second-order valence-corrected chi connectivity index (χ2v) is 4.68. The minimum absolute atomic E-state index is 0.380. The third kappa shape index (κ3) is 3.50. The molecule has 90 valence electrons. The average molecular weight is 240 g/mol. The predicted molar refractivity (Wildman–Crippen MR) is 71.2 cm³/mol. The first-order valence-corrected chi connectivity index (χ1v) is 6.15. The van der Waals surface area contributed by atoms with Crippen LogP contribution in [0.4, 0.5) is 0 Å². The Labute approximate surface area is 101 Å². The van der Waals surface area contributed by atoms with E-state index in [9.17, 15) is 0 Å². The van der Waals surface area contributed by atoms with Crippen LogP contribution in [-0.4, -0.2) is 45.6 Å². The Kier molecular flexibility index (Phi) is 5.28. The van der Waals surface area contributed by atoms with E-state index < -0.39 is 0 Å². The number of guanidine groups is 1. The fraction of sp³-hybridized carbons (Fsp3) is 0.545. The molecule has 0 aliphatic rings. The molecule has 0 aliphatic heterocycles. The second kappa shape index (κ2) is 6.50. The second-order valence-electron chi connectivity index (χ2n) is 3.70. The van der Waals surface area contributed by atoms with E-state index in [0.29, 0.717) is 6.04 Å². The molecule has 1 rings (SSSR count). The third-order valence-corrected chi connectivity index (χ3v) is 3.39. The largest absolute Gasteiger partial charge is 0.359 e. The zero-order chi connectivity index (χ0) is 12.0. The summed E-state index contributed by atoms with van der Waals surface area (Å²) in [5.74, 6) is 0.823. The number of nitrogens with one attached hydrogen (secondary N) is 2. The monoisotopic (exact) mass is 240 g/mol. The average Bonchev–Trinajstić information content (AvgIpc) is 2.77. The lowest BCUT2D eigenvalue weighted by molar-refractivity contribution is 0.302. The van der Waals surface area contributed by atoms with Crippen LogP contribution in [0.15, 0.2) is 22.5 Å². The Morgan fingerprint density at radius 3 is 2.75 bits per heavy atom. The van der Waals surface area contributed by atoms with Crippen molar-refractivity contribution in [1.82, 2.24) is 15.5 Å². The van der Waals surface area contributed by atoms with Gasteiger partial charge in [0.05, 0.1) is 6.04 Å². The van der Waals surface area contributed by atoms with Gasteiger partial charge in [0.25, 0.3) is 0 Å². The fourth-order valence-electron chi connectivity index (χ4n) is 1.49. The number of hydrogen-bond acceptors (Lipinski definition) is 3. The first kappa shape index (κ1) is 13.0. The lowest BCUT2D eigenvalue weighted by Crippen LogP contribution is -2.39. The predicted octanol–water partition coefficient (Wildman–Crippen LogP) is 1.15. The first-order valence-electron chi connectivity index (χ1n) is 5.27. The molecule has 5 heteroatoms. The van der Waals surface area contributed by atoms with Gasteiger partial charge in [-0.3, -0.25) is 4.99 Å². The molecule has 0 spiro atoms. The summed E-state index contributed by atoms with van der Waals surface area (Å²) in [6.07, 6.45) is 0. The van der Waals surface area contributed by atoms with E-state index in [1.165, 1.54) is 4.88 Å². The molecule has 16 heavy (non-hydrogen) atoms. The van der Waals surface area contributed by atoms with E-state index in [0.717, 1.165) is 12.5 Å². The van der Waals surface area contributed by atoms with Crippen molar-refractivity contribution in [3.05, 3.63) is 22.4 Å². The smallest absolute Gasteiger partial charge is 0.190 e. The Balaban J connectivity index is 2.60. The summed E-state index contributed by atoms with van der Waals surface area (Å²) in [6.45, 7) is 0.848. The van der Waals surface area contributed by atoms with Crippen LogP contribution in [0.3, 0.4) is 0 Å². The zero-order valence-electron chi connectivity index (χ0n) is 10.3. The Hall–Kier alpha value is -1.07. The molecule has 2 N–H and O–H groups in total.